The number of methoxy groups -OCH3 is 1. The first-order valence-corrected chi connectivity index (χ1v) is 11.8. The summed E-state index contributed by atoms with van der Waals surface area (Å²) in [5.74, 6) is 0.633. The maximum Gasteiger partial charge on any atom is 0.257 e. The fraction of sp³-hybridized carbons (Fsp3) is 0.308. The first kappa shape index (κ1) is 22.1. The van der Waals surface area contributed by atoms with Crippen LogP contribution in [0.2, 0.25) is 0 Å². The standard InChI is InChI=1S/C26H28N2O3S/c1-18-23(26(30)28-15-7-4-8-16-28)25(32-24(18)20-9-5-3-6-10-20)27-22(29)17-19-11-13-21(31-2)14-12-19/h3,5-6,9-14H,4,7-8,15-17H2,1-2H3,(H,27,29). The van der Waals surface area contributed by atoms with E-state index in [9.17, 15) is 9.59 Å². The zero-order chi connectivity index (χ0) is 22.5. The summed E-state index contributed by atoms with van der Waals surface area (Å²) < 4.78 is 5.19. The normalized spacial score (nSPS) is 13.6. The van der Waals surface area contributed by atoms with E-state index in [0.29, 0.717) is 10.6 Å². The van der Waals surface area contributed by atoms with Gasteiger partial charge in [-0.15, -0.1) is 11.3 Å². The summed E-state index contributed by atoms with van der Waals surface area (Å²) in [5, 5.41) is 3.67. The number of nitrogens with zero attached hydrogens (tertiary/aromatic N) is 1. The van der Waals surface area contributed by atoms with Crippen LogP contribution in [-0.2, 0) is 11.2 Å². The van der Waals surface area contributed by atoms with E-state index in [1.54, 1.807) is 7.11 Å². The highest BCUT2D eigenvalue weighted by Gasteiger charge is 2.27. The van der Waals surface area contributed by atoms with Crippen molar-refractivity contribution in [2.24, 2.45) is 0 Å². The monoisotopic (exact) mass is 448 g/mol. The molecule has 0 atom stereocenters. The number of hydrogen-bond donors (Lipinski definition) is 1. The first-order chi connectivity index (χ1) is 15.6. The molecular weight excluding hydrogens is 420 g/mol. The molecule has 1 aliphatic rings. The summed E-state index contributed by atoms with van der Waals surface area (Å²) in [6.45, 7) is 3.52. The first-order valence-electron chi connectivity index (χ1n) is 11.0. The fourth-order valence-electron chi connectivity index (χ4n) is 4.08. The molecule has 3 aromatic rings. The van der Waals surface area contributed by atoms with Crippen LogP contribution in [-0.4, -0.2) is 36.9 Å². The largest absolute Gasteiger partial charge is 0.497 e. The highest BCUT2D eigenvalue weighted by molar-refractivity contribution is 7.20. The number of carbonyl (C=O) groups is 2. The molecular formula is C26H28N2O3S. The van der Waals surface area contributed by atoms with Gasteiger partial charge >= 0.3 is 0 Å². The highest BCUT2D eigenvalue weighted by Crippen LogP contribution is 2.40. The molecule has 1 N–H and O–H groups in total. The predicted molar refractivity (Wildman–Crippen MR) is 130 cm³/mol. The third kappa shape index (κ3) is 4.86. The van der Waals surface area contributed by atoms with Gasteiger partial charge in [-0.3, -0.25) is 9.59 Å². The maximum absolute atomic E-state index is 13.5. The van der Waals surface area contributed by atoms with Crippen LogP contribution in [0.25, 0.3) is 10.4 Å². The summed E-state index contributed by atoms with van der Waals surface area (Å²) >= 11 is 1.48. The van der Waals surface area contributed by atoms with Crippen molar-refractivity contribution in [2.45, 2.75) is 32.6 Å². The second kappa shape index (κ2) is 10.0. The Morgan fingerprint density at radius 1 is 1.00 bits per heavy atom. The molecule has 5 nitrogen and oxygen atoms in total. The van der Waals surface area contributed by atoms with Crippen LogP contribution >= 0.6 is 11.3 Å². The van der Waals surface area contributed by atoms with Gasteiger partial charge in [0, 0.05) is 18.0 Å². The Bertz CT molecular complexity index is 1080. The van der Waals surface area contributed by atoms with Crippen molar-refractivity contribution < 1.29 is 14.3 Å². The third-order valence-corrected chi connectivity index (χ3v) is 7.07. The quantitative estimate of drug-likeness (QED) is 0.539. The van der Waals surface area contributed by atoms with E-state index >= 15 is 0 Å². The number of likely N-dealkylation sites (tertiary alicyclic amines) is 1. The number of anilines is 1. The van der Waals surface area contributed by atoms with Crippen molar-refractivity contribution in [1.82, 2.24) is 4.90 Å². The zero-order valence-corrected chi connectivity index (χ0v) is 19.3. The predicted octanol–water partition coefficient (Wildman–Crippen LogP) is 5.54. The number of rotatable bonds is 6. The summed E-state index contributed by atoms with van der Waals surface area (Å²) in [7, 11) is 1.62. The van der Waals surface area contributed by atoms with E-state index in [1.165, 1.54) is 11.3 Å². The van der Waals surface area contributed by atoms with E-state index < -0.39 is 0 Å². The minimum atomic E-state index is -0.135. The molecule has 166 valence electrons. The van der Waals surface area contributed by atoms with Gasteiger partial charge in [0.1, 0.15) is 10.8 Å². The Hall–Kier alpha value is -3.12. The van der Waals surface area contributed by atoms with Crippen LogP contribution in [0.3, 0.4) is 0 Å². The number of ether oxygens (including phenoxy) is 1. The Kier molecular flexibility index (Phi) is 6.90. The number of hydrogen-bond acceptors (Lipinski definition) is 4. The SMILES string of the molecule is COc1ccc(CC(=O)Nc2sc(-c3ccccc3)c(C)c2C(=O)N2CCCCC2)cc1. The second-order valence-electron chi connectivity index (χ2n) is 8.05. The van der Waals surface area contributed by atoms with E-state index in [2.05, 4.69) is 5.32 Å². The van der Waals surface area contributed by atoms with Gasteiger partial charge in [0.2, 0.25) is 5.91 Å². The van der Waals surface area contributed by atoms with Gasteiger partial charge in [-0.25, -0.2) is 0 Å². The van der Waals surface area contributed by atoms with Crippen LogP contribution in [0.15, 0.2) is 54.6 Å². The molecule has 0 spiro atoms. The molecule has 0 bridgehead atoms. The van der Waals surface area contributed by atoms with Gasteiger partial charge in [-0.1, -0.05) is 42.5 Å². The molecule has 1 saturated heterocycles. The lowest BCUT2D eigenvalue weighted by Crippen LogP contribution is -2.36. The van der Waals surface area contributed by atoms with Gasteiger partial charge in [-0.2, -0.15) is 0 Å². The fourth-order valence-corrected chi connectivity index (χ4v) is 5.30. The lowest BCUT2D eigenvalue weighted by molar-refractivity contribution is -0.115. The Morgan fingerprint density at radius 3 is 2.34 bits per heavy atom. The molecule has 2 amide bonds. The Morgan fingerprint density at radius 2 is 1.69 bits per heavy atom. The van der Waals surface area contributed by atoms with Crippen LogP contribution in [0.1, 0.15) is 40.7 Å². The minimum Gasteiger partial charge on any atom is -0.497 e. The van der Waals surface area contributed by atoms with Crippen LogP contribution in [0.5, 0.6) is 5.75 Å². The van der Waals surface area contributed by atoms with Gasteiger partial charge < -0.3 is 15.0 Å². The zero-order valence-electron chi connectivity index (χ0n) is 18.5. The molecule has 2 heterocycles. The molecule has 0 radical (unpaired) electrons. The lowest BCUT2D eigenvalue weighted by atomic mass is 10.0. The highest BCUT2D eigenvalue weighted by atomic mass is 32.1. The van der Waals surface area contributed by atoms with E-state index in [-0.39, 0.29) is 18.2 Å². The van der Waals surface area contributed by atoms with Gasteiger partial charge in [-0.05, 0) is 55.0 Å². The lowest BCUT2D eigenvalue weighted by Gasteiger charge is -2.27. The molecule has 0 unspecified atom stereocenters. The summed E-state index contributed by atoms with van der Waals surface area (Å²) in [6.07, 6.45) is 3.45. The Labute approximate surface area is 193 Å². The van der Waals surface area contributed by atoms with Gasteiger partial charge in [0.25, 0.3) is 5.91 Å². The number of carbonyl (C=O) groups excluding carboxylic acids is 2. The Balaban J connectivity index is 1.62. The molecule has 0 saturated carbocycles. The molecule has 0 aliphatic carbocycles. The van der Waals surface area contributed by atoms with E-state index in [1.807, 2.05) is 66.4 Å². The number of piperidine rings is 1. The van der Waals surface area contributed by atoms with Crippen molar-refractivity contribution in [3.63, 3.8) is 0 Å². The summed E-state index contributed by atoms with van der Waals surface area (Å²) in [4.78, 5) is 29.3. The molecule has 32 heavy (non-hydrogen) atoms. The maximum atomic E-state index is 13.5. The number of nitrogens with one attached hydrogen (secondary N) is 1. The van der Waals surface area contributed by atoms with E-state index in [4.69, 9.17) is 4.74 Å². The summed E-state index contributed by atoms with van der Waals surface area (Å²) in [5.41, 5.74) is 3.50. The number of amides is 2. The minimum absolute atomic E-state index is 0.0142. The van der Waals surface area contributed by atoms with Crippen molar-refractivity contribution in [3.05, 3.63) is 71.3 Å². The van der Waals surface area contributed by atoms with Gasteiger partial charge in [0.15, 0.2) is 0 Å². The molecule has 6 heteroatoms. The van der Waals surface area contributed by atoms with Crippen LogP contribution in [0.4, 0.5) is 5.00 Å². The summed E-state index contributed by atoms with van der Waals surface area (Å²) in [6, 6.07) is 17.5. The van der Waals surface area contributed by atoms with Crippen molar-refractivity contribution >= 4 is 28.2 Å². The second-order valence-corrected chi connectivity index (χ2v) is 9.07. The molecule has 1 fully saturated rings. The van der Waals surface area contributed by atoms with Crippen LogP contribution < -0.4 is 10.1 Å². The van der Waals surface area contributed by atoms with Crippen LogP contribution in [0, 0.1) is 6.92 Å². The van der Waals surface area contributed by atoms with Crippen molar-refractivity contribution in [1.29, 1.82) is 0 Å². The molecule has 1 aromatic heterocycles. The third-order valence-electron chi connectivity index (χ3n) is 5.82. The number of thiophene rings is 1. The molecule has 1 aliphatic heterocycles. The number of benzene rings is 2. The van der Waals surface area contributed by atoms with E-state index in [0.717, 1.165) is 59.7 Å². The van der Waals surface area contributed by atoms with Gasteiger partial charge in [0.05, 0.1) is 19.1 Å². The average Bonchev–Trinajstić information content (AvgIpc) is 3.15. The molecule has 2 aromatic carbocycles. The smallest absolute Gasteiger partial charge is 0.257 e. The average molecular weight is 449 g/mol. The van der Waals surface area contributed by atoms with Crippen molar-refractivity contribution in [2.75, 3.05) is 25.5 Å². The molecule has 4 rings (SSSR count). The topological polar surface area (TPSA) is 58.6 Å². The van der Waals surface area contributed by atoms with Crippen molar-refractivity contribution in [3.8, 4) is 16.2 Å².